The van der Waals surface area contributed by atoms with E-state index in [1.54, 1.807) is 6.92 Å². The van der Waals surface area contributed by atoms with Crippen LogP contribution in [0, 0.1) is 6.92 Å². The zero-order valence-corrected chi connectivity index (χ0v) is 12.9. The summed E-state index contributed by atoms with van der Waals surface area (Å²) in [6.07, 6.45) is 0. The Bertz CT molecular complexity index is 822. The third-order valence-corrected chi connectivity index (χ3v) is 3.41. The minimum atomic E-state index is -0.612. The highest BCUT2D eigenvalue weighted by Crippen LogP contribution is 2.30. The van der Waals surface area contributed by atoms with Gasteiger partial charge in [0.2, 0.25) is 5.82 Å². The Balaban J connectivity index is 2.01. The Hall–Kier alpha value is -2.95. The summed E-state index contributed by atoms with van der Waals surface area (Å²) in [4.78, 5) is 15.8. The fourth-order valence-corrected chi connectivity index (χ4v) is 2.27. The molecular weight excluding hydrogens is 292 g/mol. The second-order valence-corrected chi connectivity index (χ2v) is 5.06. The van der Waals surface area contributed by atoms with Crippen LogP contribution in [0.25, 0.3) is 22.5 Å². The van der Waals surface area contributed by atoms with Crippen molar-refractivity contribution in [2.45, 2.75) is 13.8 Å². The first-order valence-electron chi connectivity index (χ1n) is 7.36. The first-order valence-corrected chi connectivity index (χ1v) is 7.36. The number of carbonyl (C=O) groups excluding carboxylic acids is 1. The van der Waals surface area contributed by atoms with E-state index in [-0.39, 0.29) is 12.5 Å². The lowest BCUT2D eigenvalue weighted by molar-refractivity contribution is 0.0470. The van der Waals surface area contributed by atoms with Crippen molar-refractivity contribution in [2.24, 2.45) is 0 Å². The molecule has 3 rings (SSSR count). The molecule has 1 heterocycles. The molecule has 0 spiro atoms. The monoisotopic (exact) mass is 308 g/mol. The fraction of sp³-hybridized carbons (Fsp3) is 0.167. The van der Waals surface area contributed by atoms with Crippen molar-refractivity contribution in [1.29, 1.82) is 0 Å². The van der Waals surface area contributed by atoms with Gasteiger partial charge in [0.05, 0.1) is 6.61 Å². The van der Waals surface area contributed by atoms with Gasteiger partial charge in [-0.1, -0.05) is 59.3 Å². The maximum absolute atomic E-state index is 11.7. The molecule has 0 aliphatic heterocycles. The summed E-state index contributed by atoms with van der Waals surface area (Å²) >= 11 is 0. The van der Waals surface area contributed by atoms with Crippen molar-refractivity contribution in [2.75, 3.05) is 6.61 Å². The number of benzene rings is 2. The fourth-order valence-electron chi connectivity index (χ4n) is 2.27. The summed E-state index contributed by atoms with van der Waals surface area (Å²) in [5.74, 6) is -0.385. The number of aryl methyl sites for hydroxylation is 1. The number of hydrogen-bond donors (Lipinski definition) is 0. The van der Waals surface area contributed by atoms with Crippen LogP contribution in [0.2, 0.25) is 0 Å². The first kappa shape index (κ1) is 15.0. The molecule has 0 radical (unpaired) electrons. The van der Waals surface area contributed by atoms with Crippen molar-refractivity contribution in [3.05, 3.63) is 60.0 Å². The van der Waals surface area contributed by atoms with Gasteiger partial charge in [0.25, 0.3) is 0 Å². The Morgan fingerprint density at radius 3 is 2.48 bits per heavy atom. The van der Waals surface area contributed by atoms with Gasteiger partial charge in [-0.15, -0.1) is 0 Å². The van der Waals surface area contributed by atoms with Crippen LogP contribution in [0.1, 0.15) is 23.2 Å². The van der Waals surface area contributed by atoms with Gasteiger partial charge in [-0.3, -0.25) is 0 Å². The average molecular weight is 308 g/mol. The van der Waals surface area contributed by atoms with E-state index in [0.717, 1.165) is 16.7 Å². The van der Waals surface area contributed by atoms with E-state index in [1.165, 1.54) is 5.56 Å². The molecule has 0 N–H and O–H groups in total. The molecule has 5 nitrogen and oxygen atoms in total. The molecule has 0 bridgehead atoms. The summed E-state index contributed by atoms with van der Waals surface area (Å²) < 4.78 is 9.88. The molecular formula is C18H16N2O3. The molecule has 116 valence electrons. The maximum atomic E-state index is 11.7. The first-order chi connectivity index (χ1) is 11.2. The van der Waals surface area contributed by atoms with Gasteiger partial charge in [-0.2, -0.15) is 4.98 Å². The van der Waals surface area contributed by atoms with Gasteiger partial charge in [0, 0.05) is 5.56 Å². The predicted octanol–water partition coefficient (Wildman–Crippen LogP) is 3.89. The molecule has 23 heavy (non-hydrogen) atoms. The van der Waals surface area contributed by atoms with Crippen molar-refractivity contribution in [3.8, 4) is 22.5 Å². The summed E-state index contributed by atoms with van der Waals surface area (Å²) in [6.45, 7) is 4.03. The highest BCUT2D eigenvalue weighted by Gasteiger charge is 2.18. The second-order valence-electron chi connectivity index (χ2n) is 5.06. The molecule has 1 aromatic heterocycles. The van der Waals surface area contributed by atoms with Crippen LogP contribution >= 0.6 is 0 Å². The third-order valence-electron chi connectivity index (χ3n) is 3.41. The summed E-state index contributed by atoms with van der Waals surface area (Å²) in [5.41, 5.74) is 4.02. The van der Waals surface area contributed by atoms with Gasteiger partial charge in [0.1, 0.15) is 0 Å². The SMILES string of the molecule is CCOC(=O)c1nc(-c2ccccc2-c2ccc(C)cc2)no1. The summed E-state index contributed by atoms with van der Waals surface area (Å²) in [6, 6.07) is 15.9. The molecule has 2 aromatic carbocycles. The van der Waals surface area contributed by atoms with E-state index < -0.39 is 5.97 Å². The third kappa shape index (κ3) is 3.13. The maximum Gasteiger partial charge on any atom is 0.397 e. The average Bonchev–Trinajstić information content (AvgIpc) is 3.06. The minimum absolute atomic E-state index is 0.138. The van der Waals surface area contributed by atoms with Crippen molar-refractivity contribution >= 4 is 5.97 Å². The molecule has 0 unspecified atom stereocenters. The summed E-state index contributed by atoms with van der Waals surface area (Å²) in [5, 5.41) is 3.91. The van der Waals surface area contributed by atoms with Crippen LogP contribution in [-0.2, 0) is 4.74 Å². The minimum Gasteiger partial charge on any atom is -0.459 e. The van der Waals surface area contributed by atoms with Crippen LogP contribution in [-0.4, -0.2) is 22.7 Å². The zero-order valence-electron chi connectivity index (χ0n) is 12.9. The van der Waals surface area contributed by atoms with E-state index in [1.807, 2.05) is 55.5 Å². The lowest BCUT2D eigenvalue weighted by atomic mass is 9.98. The van der Waals surface area contributed by atoms with Crippen molar-refractivity contribution in [3.63, 3.8) is 0 Å². The second kappa shape index (κ2) is 6.44. The Morgan fingerprint density at radius 2 is 1.78 bits per heavy atom. The largest absolute Gasteiger partial charge is 0.459 e. The molecule has 0 atom stereocenters. The number of nitrogens with zero attached hydrogens (tertiary/aromatic N) is 2. The molecule has 0 saturated heterocycles. The molecule has 0 aliphatic rings. The lowest BCUT2D eigenvalue weighted by Gasteiger charge is -2.06. The van der Waals surface area contributed by atoms with E-state index in [4.69, 9.17) is 9.26 Å². The van der Waals surface area contributed by atoms with Gasteiger partial charge >= 0.3 is 11.9 Å². The van der Waals surface area contributed by atoms with E-state index in [9.17, 15) is 4.79 Å². The number of hydrogen-bond acceptors (Lipinski definition) is 5. The van der Waals surface area contributed by atoms with E-state index in [0.29, 0.717) is 5.82 Å². The molecule has 0 fully saturated rings. The molecule has 0 aliphatic carbocycles. The topological polar surface area (TPSA) is 65.2 Å². The quantitative estimate of drug-likeness (QED) is 0.684. The number of esters is 1. The van der Waals surface area contributed by atoms with Gasteiger partial charge in [-0.25, -0.2) is 4.79 Å². The highest BCUT2D eigenvalue weighted by molar-refractivity contribution is 5.86. The number of carbonyl (C=O) groups is 1. The Labute approximate surface area is 133 Å². The highest BCUT2D eigenvalue weighted by atomic mass is 16.6. The van der Waals surface area contributed by atoms with Gasteiger partial charge in [-0.05, 0) is 25.0 Å². The smallest absolute Gasteiger partial charge is 0.397 e. The molecule has 5 heteroatoms. The summed E-state index contributed by atoms with van der Waals surface area (Å²) in [7, 11) is 0. The standard InChI is InChI=1S/C18H16N2O3/c1-3-22-18(21)17-19-16(20-23-17)15-7-5-4-6-14(15)13-10-8-12(2)9-11-13/h4-11H,3H2,1-2H3. The van der Waals surface area contributed by atoms with Crippen molar-refractivity contribution in [1.82, 2.24) is 10.1 Å². The van der Waals surface area contributed by atoms with E-state index in [2.05, 4.69) is 10.1 Å². The molecule has 3 aromatic rings. The van der Waals surface area contributed by atoms with Crippen LogP contribution in [0.4, 0.5) is 0 Å². The van der Waals surface area contributed by atoms with Gasteiger partial charge in [0.15, 0.2) is 0 Å². The zero-order chi connectivity index (χ0) is 16.2. The normalized spacial score (nSPS) is 10.5. The van der Waals surface area contributed by atoms with Crippen LogP contribution < -0.4 is 0 Å². The van der Waals surface area contributed by atoms with Crippen molar-refractivity contribution < 1.29 is 14.1 Å². The predicted molar refractivity (Wildman–Crippen MR) is 85.9 cm³/mol. The number of rotatable bonds is 4. The Morgan fingerprint density at radius 1 is 1.09 bits per heavy atom. The number of aromatic nitrogens is 2. The van der Waals surface area contributed by atoms with Crippen LogP contribution in [0.5, 0.6) is 0 Å². The Kier molecular flexibility index (Phi) is 4.19. The van der Waals surface area contributed by atoms with Crippen LogP contribution in [0.3, 0.4) is 0 Å². The molecule has 0 saturated carbocycles. The van der Waals surface area contributed by atoms with Gasteiger partial charge < -0.3 is 9.26 Å². The van der Waals surface area contributed by atoms with Crippen LogP contribution in [0.15, 0.2) is 53.1 Å². The lowest BCUT2D eigenvalue weighted by Crippen LogP contribution is -2.04. The number of ether oxygens (including phenoxy) is 1. The van der Waals surface area contributed by atoms with E-state index >= 15 is 0 Å². The molecule has 0 amide bonds.